The molecule has 1 aromatic rings. The Hall–Kier alpha value is -1.26. The third-order valence-electron chi connectivity index (χ3n) is 3.97. The van der Waals surface area contributed by atoms with Crippen LogP contribution in [-0.4, -0.2) is 32.5 Å². The monoisotopic (exact) mass is 266 g/mol. The van der Waals surface area contributed by atoms with E-state index in [2.05, 4.69) is 0 Å². The highest BCUT2D eigenvalue weighted by Gasteiger charge is 2.42. The maximum Gasteiger partial charge on any atom is 0.128 e. The van der Waals surface area contributed by atoms with Crippen molar-refractivity contribution in [1.82, 2.24) is 0 Å². The number of hydrogen-bond acceptors (Lipinski definition) is 4. The Labute approximate surface area is 114 Å². The van der Waals surface area contributed by atoms with Gasteiger partial charge in [0.25, 0.3) is 0 Å². The van der Waals surface area contributed by atoms with Gasteiger partial charge in [-0.3, -0.25) is 0 Å². The quantitative estimate of drug-likeness (QED) is 0.909. The van der Waals surface area contributed by atoms with Crippen LogP contribution in [0.3, 0.4) is 0 Å². The predicted molar refractivity (Wildman–Crippen MR) is 72.7 cm³/mol. The fraction of sp³-hybridized carbons (Fsp3) is 0.600. The molecular weight excluding hydrogens is 244 g/mol. The maximum atomic E-state index is 11.0. The number of methoxy groups -OCH3 is 3. The maximum absolute atomic E-state index is 11.0. The van der Waals surface area contributed by atoms with Crippen LogP contribution in [0.4, 0.5) is 0 Å². The zero-order valence-electron chi connectivity index (χ0n) is 11.8. The Morgan fingerprint density at radius 3 is 2.58 bits per heavy atom. The molecule has 4 nitrogen and oxygen atoms in total. The summed E-state index contributed by atoms with van der Waals surface area (Å²) in [5.41, 5.74) is -0.202. The molecule has 106 valence electrons. The molecule has 1 fully saturated rings. The molecule has 0 heterocycles. The predicted octanol–water partition coefficient (Wildman–Crippen LogP) is 2.48. The van der Waals surface area contributed by atoms with Crippen molar-refractivity contribution < 1.29 is 19.3 Å². The van der Waals surface area contributed by atoms with Crippen molar-refractivity contribution in [2.45, 2.75) is 37.4 Å². The fourth-order valence-corrected chi connectivity index (χ4v) is 2.90. The Bertz CT molecular complexity index is 432. The third-order valence-corrected chi connectivity index (χ3v) is 3.97. The smallest absolute Gasteiger partial charge is 0.128 e. The van der Waals surface area contributed by atoms with Crippen LogP contribution in [0.15, 0.2) is 18.2 Å². The molecule has 1 aromatic carbocycles. The summed E-state index contributed by atoms with van der Waals surface area (Å²) in [6.45, 7) is 0. The summed E-state index contributed by atoms with van der Waals surface area (Å²) in [5.74, 6) is 1.36. The lowest BCUT2D eigenvalue weighted by atomic mass is 9.77. The first-order valence-electron chi connectivity index (χ1n) is 6.63. The standard InChI is InChI=1S/C15H22O4/c1-17-11-7-8-12(13(10-11)18-2)15(16)9-5-4-6-14(15)19-3/h7-8,10,14,16H,4-6,9H2,1-3H3. The van der Waals surface area contributed by atoms with Gasteiger partial charge in [0.05, 0.1) is 20.3 Å². The molecule has 19 heavy (non-hydrogen) atoms. The van der Waals surface area contributed by atoms with Crippen molar-refractivity contribution in [2.75, 3.05) is 21.3 Å². The van der Waals surface area contributed by atoms with Crippen LogP contribution in [-0.2, 0) is 10.3 Å². The van der Waals surface area contributed by atoms with Crippen LogP contribution in [0.5, 0.6) is 11.5 Å². The van der Waals surface area contributed by atoms with Crippen LogP contribution in [0.25, 0.3) is 0 Å². The van der Waals surface area contributed by atoms with Gasteiger partial charge in [0.15, 0.2) is 0 Å². The van der Waals surface area contributed by atoms with Gasteiger partial charge < -0.3 is 19.3 Å². The van der Waals surface area contributed by atoms with Crippen LogP contribution < -0.4 is 9.47 Å². The zero-order chi connectivity index (χ0) is 13.9. The normalized spacial score (nSPS) is 27.1. The minimum atomic E-state index is -0.982. The summed E-state index contributed by atoms with van der Waals surface area (Å²) < 4.78 is 16.1. The van der Waals surface area contributed by atoms with Crippen molar-refractivity contribution >= 4 is 0 Å². The first-order chi connectivity index (χ1) is 9.15. The SMILES string of the molecule is COc1ccc(C2(O)CCCCC2OC)c(OC)c1. The number of hydrogen-bond donors (Lipinski definition) is 1. The minimum Gasteiger partial charge on any atom is -0.497 e. The highest BCUT2D eigenvalue weighted by Crippen LogP contribution is 2.43. The van der Waals surface area contributed by atoms with Gasteiger partial charge in [-0.1, -0.05) is 12.8 Å². The van der Waals surface area contributed by atoms with E-state index in [-0.39, 0.29) is 6.10 Å². The van der Waals surface area contributed by atoms with E-state index >= 15 is 0 Å². The summed E-state index contributed by atoms with van der Waals surface area (Å²) >= 11 is 0. The Kier molecular flexibility index (Phi) is 4.32. The van der Waals surface area contributed by atoms with E-state index in [1.54, 1.807) is 27.4 Å². The molecule has 2 rings (SSSR count). The van der Waals surface area contributed by atoms with Crippen LogP contribution in [0.1, 0.15) is 31.2 Å². The van der Waals surface area contributed by atoms with E-state index in [1.165, 1.54) is 0 Å². The molecule has 1 saturated carbocycles. The molecule has 1 aliphatic rings. The van der Waals surface area contributed by atoms with Crippen molar-refractivity contribution in [2.24, 2.45) is 0 Å². The van der Waals surface area contributed by atoms with Gasteiger partial charge in [-0.15, -0.1) is 0 Å². The lowest BCUT2D eigenvalue weighted by molar-refractivity contribution is -0.123. The van der Waals surface area contributed by atoms with Gasteiger partial charge >= 0.3 is 0 Å². The minimum absolute atomic E-state index is 0.191. The fourth-order valence-electron chi connectivity index (χ4n) is 2.90. The van der Waals surface area contributed by atoms with Crippen LogP contribution >= 0.6 is 0 Å². The van der Waals surface area contributed by atoms with E-state index in [0.717, 1.165) is 24.8 Å². The number of benzene rings is 1. The number of aliphatic hydroxyl groups is 1. The highest BCUT2D eigenvalue weighted by atomic mass is 16.5. The topological polar surface area (TPSA) is 47.9 Å². The van der Waals surface area contributed by atoms with E-state index in [9.17, 15) is 5.11 Å². The zero-order valence-corrected chi connectivity index (χ0v) is 11.8. The van der Waals surface area contributed by atoms with Gasteiger partial charge in [0.2, 0.25) is 0 Å². The second kappa shape index (κ2) is 5.80. The second-order valence-corrected chi connectivity index (χ2v) is 4.96. The average Bonchev–Trinajstić information content (AvgIpc) is 2.46. The van der Waals surface area contributed by atoms with Crippen molar-refractivity contribution in [3.63, 3.8) is 0 Å². The summed E-state index contributed by atoms with van der Waals surface area (Å²) in [6, 6.07) is 5.51. The molecule has 0 amide bonds. The van der Waals surface area contributed by atoms with Gasteiger partial charge in [-0.05, 0) is 25.0 Å². The number of ether oxygens (including phenoxy) is 3. The third kappa shape index (κ3) is 2.55. The van der Waals surface area contributed by atoms with Gasteiger partial charge in [0.1, 0.15) is 17.1 Å². The molecular formula is C15H22O4. The Morgan fingerprint density at radius 1 is 1.16 bits per heavy atom. The summed E-state index contributed by atoms with van der Waals surface area (Å²) in [5, 5.41) is 11.0. The molecule has 1 aliphatic carbocycles. The van der Waals surface area contributed by atoms with E-state index < -0.39 is 5.60 Å². The van der Waals surface area contributed by atoms with E-state index in [1.807, 2.05) is 12.1 Å². The van der Waals surface area contributed by atoms with Crippen LogP contribution in [0, 0.1) is 0 Å². The van der Waals surface area contributed by atoms with Crippen molar-refractivity contribution in [1.29, 1.82) is 0 Å². The first kappa shape index (κ1) is 14.2. The molecule has 0 saturated heterocycles. The molecule has 0 radical (unpaired) electrons. The molecule has 0 bridgehead atoms. The lowest BCUT2D eigenvalue weighted by Crippen LogP contribution is -2.43. The van der Waals surface area contributed by atoms with Crippen molar-refractivity contribution in [3.8, 4) is 11.5 Å². The largest absolute Gasteiger partial charge is 0.497 e. The van der Waals surface area contributed by atoms with Gasteiger partial charge in [-0.2, -0.15) is 0 Å². The lowest BCUT2D eigenvalue weighted by Gasteiger charge is -2.40. The summed E-state index contributed by atoms with van der Waals surface area (Å²) in [4.78, 5) is 0. The molecule has 1 N–H and O–H groups in total. The van der Waals surface area contributed by atoms with E-state index in [0.29, 0.717) is 17.9 Å². The summed E-state index contributed by atoms with van der Waals surface area (Å²) in [6.07, 6.45) is 3.44. The van der Waals surface area contributed by atoms with Crippen LogP contribution in [0.2, 0.25) is 0 Å². The molecule has 0 spiro atoms. The molecule has 0 aliphatic heterocycles. The Balaban J connectivity index is 2.43. The Morgan fingerprint density at radius 2 is 1.95 bits per heavy atom. The van der Waals surface area contributed by atoms with Gasteiger partial charge in [0, 0.05) is 18.7 Å². The molecule has 2 unspecified atom stereocenters. The average molecular weight is 266 g/mol. The highest BCUT2D eigenvalue weighted by molar-refractivity contribution is 5.44. The second-order valence-electron chi connectivity index (χ2n) is 4.96. The first-order valence-corrected chi connectivity index (χ1v) is 6.63. The van der Waals surface area contributed by atoms with E-state index in [4.69, 9.17) is 14.2 Å². The number of rotatable bonds is 4. The van der Waals surface area contributed by atoms with Crippen molar-refractivity contribution in [3.05, 3.63) is 23.8 Å². The molecule has 2 atom stereocenters. The molecule has 0 aromatic heterocycles. The summed E-state index contributed by atoms with van der Waals surface area (Å²) in [7, 11) is 4.87. The molecule has 4 heteroatoms. The van der Waals surface area contributed by atoms with Gasteiger partial charge in [-0.25, -0.2) is 0 Å².